The molecule has 0 radical (unpaired) electrons. The Labute approximate surface area is 162 Å². The Balaban J connectivity index is 1.30. The van der Waals surface area contributed by atoms with Crippen LogP contribution in [0.25, 0.3) is 0 Å². The largest absolute Gasteiger partial charge is 0.481 e. The smallest absolute Gasteiger partial charge is 0.260 e. The number of halogens is 1. The lowest BCUT2D eigenvalue weighted by Gasteiger charge is -2.34. The molecule has 0 aliphatic carbocycles. The maximum absolute atomic E-state index is 13.6. The molecule has 1 saturated heterocycles. The number of amides is 2. The normalized spacial score (nSPS) is 16.6. The summed E-state index contributed by atoms with van der Waals surface area (Å²) in [6.07, 6.45) is 4.73. The minimum absolute atomic E-state index is 0.0159. The van der Waals surface area contributed by atoms with E-state index in [1.807, 2.05) is 4.68 Å². The van der Waals surface area contributed by atoms with Crippen LogP contribution in [0.15, 0.2) is 30.5 Å². The molecule has 2 amide bonds. The topological polar surface area (TPSA) is 67.7 Å². The zero-order valence-corrected chi connectivity index (χ0v) is 15.6. The van der Waals surface area contributed by atoms with Crippen LogP contribution in [-0.2, 0) is 17.8 Å². The molecule has 0 atom stereocenters. The molecule has 0 spiro atoms. The van der Waals surface area contributed by atoms with Gasteiger partial charge in [-0.3, -0.25) is 14.3 Å². The molecule has 1 aromatic heterocycles. The van der Waals surface area contributed by atoms with Gasteiger partial charge in [0, 0.05) is 32.7 Å². The Morgan fingerprint density at radius 1 is 1.04 bits per heavy atom. The van der Waals surface area contributed by atoms with E-state index in [2.05, 4.69) is 5.10 Å². The number of benzene rings is 1. The van der Waals surface area contributed by atoms with E-state index in [0.717, 1.165) is 31.5 Å². The highest BCUT2D eigenvalue weighted by molar-refractivity contribution is 5.95. The monoisotopic (exact) mass is 386 g/mol. The molecule has 8 heteroatoms. The zero-order valence-electron chi connectivity index (χ0n) is 15.6. The number of fused-ring (bicyclic) bond motifs is 1. The first-order valence-electron chi connectivity index (χ1n) is 9.62. The number of aromatic nitrogens is 2. The van der Waals surface area contributed by atoms with E-state index in [1.54, 1.807) is 28.1 Å². The number of hydrogen-bond acceptors (Lipinski definition) is 4. The molecule has 2 aromatic rings. The predicted octanol–water partition coefficient (Wildman–Crippen LogP) is 1.72. The number of nitrogens with zero attached hydrogens (tertiary/aromatic N) is 4. The molecule has 0 bridgehead atoms. The van der Waals surface area contributed by atoms with Crippen LogP contribution in [0.1, 0.15) is 28.9 Å². The van der Waals surface area contributed by atoms with Gasteiger partial charge >= 0.3 is 0 Å². The fourth-order valence-corrected chi connectivity index (χ4v) is 3.72. The predicted molar refractivity (Wildman–Crippen MR) is 99.5 cm³/mol. The summed E-state index contributed by atoms with van der Waals surface area (Å²) in [5.74, 6) is -0.651. The first kappa shape index (κ1) is 18.5. The molecule has 1 aromatic carbocycles. The van der Waals surface area contributed by atoms with Gasteiger partial charge in [0.2, 0.25) is 0 Å². The van der Waals surface area contributed by atoms with Crippen LogP contribution < -0.4 is 4.74 Å². The summed E-state index contributed by atoms with van der Waals surface area (Å²) in [6, 6.07) is 6.01. The third-order valence-corrected chi connectivity index (χ3v) is 5.32. The van der Waals surface area contributed by atoms with Crippen molar-refractivity contribution in [3.8, 4) is 5.75 Å². The van der Waals surface area contributed by atoms with Crippen LogP contribution in [0.3, 0.4) is 0 Å². The second-order valence-corrected chi connectivity index (χ2v) is 7.08. The van der Waals surface area contributed by atoms with Gasteiger partial charge in [0.15, 0.2) is 18.2 Å². The average Bonchev–Trinajstić information content (AvgIpc) is 3.17. The Hall–Kier alpha value is -2.90. The van der Waals surface area contributed by atoms with Crippen LogP contribution in [0.5, 0.6) is 5.75 Å². The molecule has 0 N–H and O–H groups in total. The van der Waals surface area contributed by atoms with Gasteiger partial charge in [-0.15, -0.1) is 0 Å². The molecule has 148 valence electrons. The number of aryl methyl sites for hydroxylation is 1. The van der Waals surface area contributed by atoms with Gasteiger partial charge in [0.1, 0.15) is 0 Å². The van der Waals surface area contributed by atoms with Crippen molar-refractivity contribution < 1.29 is 18.7 Å². The average molecular weight is 386 g/mol. The lowest BCUT2D eigenvalue weighted by atomic mass is 10.1. The number of piperazine rings is 1. The summed E-state index contributed by atoms with van der Waals surface area (Å²) >= 11 is 0. The quantitative estimate of drug-likeness (QED) is 0.803. The van der Waals surface area contributed by atoms with Gasteiger partial charge in [-0.25, -0.2) is 4.39 Å². The summed E-state index contributed by atoms with van der Waals surface area (Å²) in [6.45, 7) is 2.46. The zero-order chi connectivity index (χ0) is 19.5. The number of ether oxygens (including phenoxy) is 1. The minimum Gasteiger partial charge on any atom is -0.481 e. The van der Waals surface area contributed by atoms with Gasteiger partial charge in [-0.1, -0.05) is 12.1 Å². The molecule has 7 nitrogen and oxygen atoms in total. The Morgan fingerprint density at radius 2 is 1.79 bits per heavy atom. The van der Waals surface area contributed by atoms with E-state index in [0.29, 0.717) is 31.7 Å². The summed E-state index contributed by atoms with van der Waals surface area (Å²) in [7, 11) is 0. The number of hydrogen-bond donors (Lipinski definition) is 0. The molecular weight excluding hydrogens is 363 g/mol. The summed E-state index contributed by atoms with van der Waals surface area (Å²) in [5, 5.41) is 4.33. The highest BCUT2D eigenvalue weighted by atomic mass is 19.1. The number of carbonyl (C=O) groups excluding carboxylic acids is 2. The fourth-order valence-electron chi connectivity index (χ4n) is 3.72. The SMILES string of the molecule is O=C(COc1ccccc1F)N1CCN(C(=O)c2cnn3c2CCCC3)CC1. The maximum Gasteiger partial charge on any atom is 0.260 e. The molecule has 0 saturated carbocycles. The molecule has 3 heterocycles. The minimum atomic E-state index is -0.491. The second kappa shape index (κ2) is 8.00. The van der Waals surface area contributed by atoms with E-state index in [9.17, 15) is 14.0 Å². The van der Waals surface area contributed by atoms with Gasteiger partial charge in [0.05, 0.1) is 17.5 Å². The van der Waals surface area contributed by atoms with Gasteiger partial charge in [-0.2, -0.15) is 5.10 Å². The van der Waals surface area contributed by atoms with E-state index in [1.165, 1.54) is 12.1 Å². The van der Waals surface area contributed by atoms with Crippen molar-refractivity contribution in [3.05, 3.63) is 47.5 Å². The Bertz CT molecular complexity index is 874. The molecule has 2 aliphatic heterocycles. The number of carbonyl (C=O) groups is 2. The molecule has 28 heavy (non-hydrogen) atoms. The van der Waals surface area contributed by atoms with E-state index >= 15 is 0 Å². The van der Waals surface area contributed by atoms with Crippen molar-refractivity contribution >= 4 is 11.8 Å². The van der Waals surface area contributed by atoms with Crippen LogP contribution in [0.2, 0.25) is 0 Å². The van der Waals surface area contributed by atoms with Crippen molar-refractivity contribution in [2.45, 2.75) is 25.8 Å². The third kappa shape index (κ3) is 3.72. The Kier molecular flexibility index (Phi) is 5.27. The van der Waals surface area contributed by atoms with E-state index in [-0.39, 0.29) is 24.2 Å². The lowest BCUT2D eigenvalue weighted by molar-refractivity contribution is -0.134. The van der Waals surface area contributed by atoms with E-state index < -0.39 is 5.82 Å². The van der Waals surface area contributed by atoms with Gasteiger partial charge in [-0.05, 0) is 31.4 Å². The van der Waals surface area contributed by atoms with Crippen LogP contribution >= 0.6 is 0 Å². The summed E-state index contributed by atoms with van der Waals surface area (Å²) in [5.41, 5.74) is 1.70. The first-order valence-corrected chi connectivity index (χ1v) is 9.62. The molecular formula is C20H23FN4O3. The number of para-hydroxylation sites is 1. The number of rotatable bonds is 4. The standard InChI is InChI=1S/C20H23FN4O3/c21-16-5-1-2-7-18(16)28-14-19(26)23-9-11-24(12-10-23)20(27)15-13-22-25-8-4-3-6-17(15)25/h1-2,5,7,13H,3-4,6,8-12,14H2. The van der Waals surface area contributed by atoms with Crippen LogP contribution in [0, 0.1) is 5.82 Å². The van der Waals surface area contributed by atoms with Crippen LogP contribution in [0.4, 0.5) is 4.39 Å². The van der Waals surface area contributed by atoms with Crippen molar-refractivity contribution in [1.82, 2.24) is 19.6 Å². The molecule has 0 unspecified atom stereocenters. The van der Waals surface area contributed by atoms with E-state index in [4.69, 9.17) is 4.74 Å². The highest BCUT2D eigenvalue weighted by Crippen LogP contribution is 2.20. The molecule has 1 fully saturated rings. The van der Waals surface area contributed by atoms with Crippen molar-refractivity contribution in [2.75, 3.05) is 32.8 Å². The maximum atomic E-state index is 13.6. The third-order valence-electron chi connectivity index (χ3n) is 5.32. The highest BCUT2D eigenvalue weighted by Gasteiger charge is 2.28. The molecule has 4 rings (SSSR count). The van der Waals surface area contributed by atoms with Gasteiger partial charge in [0.25, 0.3) is 11.8 Å². The first-order chi connectivity index (χ1) is 13.6. The Morgan fingerprint density at radius 3 is 2.57 bits per heavy atom. The van der Waals surface area contributed by atoms with Crippen molar-refractivity contribution in [3.63, 3.8) is 0 Å². The molecule has 2 aliphatic rings. The van der Waals surface area contributed by atoms with Gasteiger partial charge < -0.3 is 14.5 Å². The van der Waals surface area contributed by atoms with Crippen molar-refractivity contribution in [2.24, 2.45) is 0 Å². The summed E-state index contributed by atoms with van der Waals surface area (Å²) in [4.78, 5) is 28.6. The van der Waals surface area contributed by atoms with Crippen LogP contribution in [-0.4, -0.2) is 64.2 Å². The van der Waals surface area contributed by atoms with Crippen molar-refractivity contribution in [1.29, 1.82) is 0 Å². The fraction of sp³-hybridized carbons (Fsp3) is 0.450. The second-order valence-electron chi connectivity index (χ2n) is 7.08. The lowest BCUT2D eigenvalue weighted by Crippen LogP contribution is -2.51. The summed E-state index contributed by atoms with van der Waals surface area (Å²) < 4.78 is 20.8.